The summed E-state index contributed by atoms with van der Waals surface area (Å²) in [5, 5.41) is 5.73. The number of thioether (sulfide) groups is 1. The van der Waals surface area contributed by atoms with E-state index in [-0.39, 0.29) is 18.4 Å². The summed E-state index contributed by atoms with van der Waals surface area (Å²) in [6.07, 6.45) is 2.93. The molecule has 0 radical (unpaired) electrons. The van der Waals surface area contributed by atoms with E-state index in [1.54, 1.807) is 0 Å². The molecule has 0 bridgehead atoms. The minimum atomic E-state index is -0.394. The lowest BCUT2D eigenvalue weighted by molar-refractivity contribution is -0.136. The van der Waals surface area contributed by atoms with Gasteiger partial charge in [-0.3, -0.25) is 4.79 Å². The number of amidine groups is 1. The van der Waals surface area contributed by atoms with Gasteiger partial charge in [-0.05, 0) is 37.2 Å². The number of ether oxygens (including phenoxy) is 2. The van der Waals surface area contributed by atoms with Crippen LogP contribution in [0.5, 0.6) is 0 Å². The number of hydrogen-bond donors (Lipinski definition) is 1. The zero-order chi connectivity index (χ0) is 22.7. The number of allylic oxidation sites excluding steroid dienone is 1. The highest BCUT2D eigenvalue weighted by Crippen LogP contribution is 2.45. The summed E-state index contributed by atoms with van der Waals surface area (Å²) in [6, 6.07) is 7.72. The average Bonchev–Trinajstić information content (AvgIpc) is 3.46. The van der Waals surface area contributed by atoms with Crippen LogP contribution in [-0.2, 0) is 19.1 Å². The summed E-state index contributed by atoms with van der Waals surface area (Å²) in [7, 11) is 1.39. The van der Waals surface area contributed by atoms with Gasteiger partial charge in [-0.2, -0.15) is 0 Å². The van der Waals surface area contributed by atoms with Crippen LogP contribution in [0.15, 0.2) is 51.6 Å². The number of amides is 1. The summed E-state index contributed by atoms with van der Waals surface area (Å²) < 4.78 is 10.7. The maximum absolute atomic E-state index is 12.9. The van der Waals surface area contributed by atoms with Crippen molar-refractivity contribution in [2.45, 2.75) is 51.7 Å². The standard InChI is InChI=1S/C24H29N3O4S/c1-4-19-21(23(29)30-3)22(16-9-7-15(2)8-10-16)27-17(14-32-24(27)26-19)12-20(28)25-13-18-6-5-11-31-18/h7-10,14,18,22H,4-6,11-13H2,1-3H3,(H,25,28)/t18-,22+/m1/s1. The number of fused-ring (bicyclic) bond motifs is 1. The summed E-state index contributed by atoms with van der Waals surface area (Å²) >= 11 is 1.48. The molecule has 32 heavy (non-hydrogen) atoms. The van der Waals surface area contributed by atoms with E-state index in [0.29, 0.717) is 18.5 Å². The van der Waals surface area contributed by atoms with Crippen LogP contribution in [0.4, 0.5) is 0 Å². The first-order valence-corrected chi connectivity index (χ1v) is 11.9. The SMILES string of the molecule is CCC1=C(C(=O)OC)[C@H](c2ccc(C)cc2)N2C(CC(=O)NC[C@H]3CCCO3)=CSC2=N1. The zero-order valence-corrected chi connectivity index (χ0v) is 19.5. The van der Waals surface area contributed by atoms with E-state index in [1.807, 2.05) is 48.4 Å². The van der Waals surface area contributed by atoms with Crippen molar-refractivity contribution in [3.05, 3.63) is 57.8 Å². The van der Waals surface area contributed by atoms with E-state index in [9.17, 15) is 9.59 Å². The molecule has 1 saturated heterocycles. The molecule has 7 nitrogen and oxygen atoms in total. The number of benzene rings is 1. The van der Waals surface area contributed by atoms with Gasteiger partial charge in [0, 0.05) is 18.8 Å². The summed E-state index contributed by atoms with van der Waals surface area (Å²) in [5.41, 5.74) is 4.16. The lowest BCUT2D eigenvalue weighted by Gasteiger charge is -2.36. The largest absolute Gasteiger partial charge is 0.466 e. The maximum atomic E-state index is 12.9. The minimum absolute atomic E-state index is 0.0684. The summed E-state index contributed by atoms with van der Waals surface area (Å²) in [6.45, 7) is 5.30. The van der Waals surface area contributed by atoms with Crippen LogP contribution < -0.4 is 5.32 Å². The number of rotatable bonds is 7. The Morgan fingerprint density at radius 1 is 1.31 bits per heavy atom. The van der Waals surface area contributed by atoms with Gasteiger partial charge in [-0.15, -0.1) is 0 Å². The van der Waals surface area contributed by atoms with Crippen LogP contribution in [0, 0.1) is 6.92 Å². The highest BCUT2D eigenvalue weighted by atomic mass is 32.2. The van der Waals surface area contributed by atoms with Gasteiger partial charge in [0.15, 0.2) is 5.17 Å². The molecule has 1 aromatic rings. The molecule has 0 spiro atoms. The number of carbonyl (C=O) groups excluding carboxylic acids is 2. The van der Waals surface area contributed by atoms with Gasteiger partial charge in [0.05, 0.1) is 36.9 Å². The number of aliphatic imine (C=N–C) groups is 1. The van der Waals surface area contributed by atoms with Crippen LogP contribution in [0.2, 0.25) is 0 Å². The Bertz CT molecular complexity index is 977. The first-order valence-electron chi connectivity index (χ1n) is 11.0. The van der Waals surface area contributed by atoms with Gasteiger partial charge < -0.3 is 19.7 Å². The zero-order valence-electron chi connectivity index (χ0n) is 18.7. The fourth-order valence-electron chi connectivity index (χ4n) is 4.24. The maximum Gasteiger partial charge on any atom is 0.338 e. The van der Waals surface area contributed by atoms with Crippen molar-refractivity contribution in [2.24, 2.45) is 4.99 Å². The van der Waals surface area contributed by atoms with Gasteiger partial charge in [0.2, 0.25) is 5.91 Å². The van der Waals surface area contributed by atoms with Crippen LogP contribution in [0.1, 0.15) is 49.8 Å². The number of nitrogens with one attached hydrogen (secondary N) is 1. The second kappa shape index (κ2) is 9.92. The second-order valence-corrected chi connectivity index (χ2v) is 8.96. The Labute approximate surface area is 192 Å². The fourth-order valence-corrected chi connectivity index (χ4v) is 5.17. The molecule has 3 aliphatic rings. The lowest BCUT2D eigenvalue weighted by atomic mass is 9.92. The molecular formula is C24H29N3O4S. The Kier molecular flexibility index (Phi) is 7.01. The molecule has 4 rings (SSSR count). The van der Waals surface area contributed by atoms with Gasteiger partial charge in [0.1, 0.15) is 0 Å². The van der Waals surface area contributed by atoms with Gasteiger partial charge >= 0.3 is 5.97 Å². The third-order valence-electron chi connectivity index (χ3n) is 5.91. The van der Waals surface area contributed by atoms with E-state index < -0.39 is 12.0 Å². The number of aryl methyl sites for hydroxylation is 1. The van der Waals surface area contributed by atoms with Crippen molar-refractivity contribution >= 4 is 28.8 Å². The molecule has 8 heteroatoms. The molecular weight excluding hydrogens is 426 g/mol. The van der Waals surface area contributed by atoms with Crippen LogP contribution in [-0.4, -0.2) is 48.3 Å². The van der Waals surface area contributed by atoms with Crippen LogP contribution in [0.25, 0.3) is 0 Å². The monoisotopic (exact) mass is 455 g/mol. The van der Waals surface area contributed by atoms with Gasteiger partial charge in [-0.1, -0.05) is 48.5 Å². The molecule has 0 aliphatic carbocycles. The van der Waals surface area contributed by atoms with Crippen molar-refractivity contribution in [3.63, 3.8) is 0 Å². The Balaban J connectivity index is 1.62. The fraction of sp³-hybridized carbons (Fsp3) is 0.458. The predicted octanol–water partition coefficient (Wildman–Crippen LogP) is 3.82. The third-order valence-corrected chi connectivity index (χ3v) is 6.80. The number of esters is 1. The molecule has 3 aliphatic heterocycles. The number of methoxy groups -OCH3 is 1. The van der Waals surface area contributed by atoms with Crippen molar-refractivity contribution in [1.29, 1.82) is 0 Å². The van der Waals surface area contributed by atoms with E-state index in [1.165, 1.54) is 18.9 Å². The van der Waals surface area contributed by atoms with Gasteiger partial charge in [0.25, 0.3) is 0 Å². The quantitative estimate of drug-likeness (QED) is 0.630. The van der Waals surface area contributed by atoms with E-state index in [2.05, 4.69) is 5.32 Å². The van der Waals surface area contributed by atoms with E-state index in [4.69, 9.17) is 14.5 Å². The first kappa shape index (κ1) is 22.6. The van der Waals surface area contributed by atoms with Crippen molar-refractivity contribution in [2.75, 3.05) is 20.3 Å². The second-order valence-electron chi connectivity index (χ2n) is 8.13. The number of carbonyl (C=O) groups is 2. The van der Waals surface area contributed by atoms with Gasteiger partial charge in [-0.25, -0.2) is 9.79 Å². The van der Waals surface area contributed by atoms with E-state index in [0.717, 1.165) is 47.1 Å². The molecule has 0 unspecified atom stereocenters. The molecule has 1 fully saturated rings. The first-order chi connectivity index (χ1) is 15.5. The molecule has 170 valence electrons. The summed E-state index contributed by atoms with van der Waals surface area (Å²) in [4.78, 5) is 32.3. The molecule has 0 saturated carbocycles. The summed E-state index contributed by atoms with van der Waals surface area (Å²) in [5.74, 6) is -0.463. The normalized spacial score (nSPS) is 22.4. The molecule has 3 heterocycles. The molecule has 1 N–H and O–H groups in total. The topological polar surface area (TPSA) is 80.2 Å². The highest BCUT2D eigenvalue weighted by molar-refractivity contribution is 8.16. The Morgan fingerprint density at radius 2 is 2.09 bits per heavy atom. The van der Waals surface area contributed by atoms with Crippen LogP contribution >= 0.6 is 11.8 Å². The third kappa shape index (κ3) is 4.61. The van der Waals surface area contributed by atoms with Crippen molar-refractivity contribution in [3.8, 4) is 0 Å². The molecule has 1 aromatic carbocycles. The average molecular weight is 456 g/mol. The molecule has 0 aromatic heterocycles. The molecule has 2 atom stereocenters. The Hall–Kier alpha value is -2.58. The highest BCUT2D eigenvalue weighted by Gasteiger charge is 2.41. The van der Waals surface area contributed by atoms with Crippen molar-refractivity contribution in [1.82, 2.24) is 10.2 Å². The smallest absolute Gasteiger partial charge is 0.338 e. The Morgan fingerprint density at radius 3 is 2.75 bits per heavy atom. The molecule has 1 amide bonds. The number of nitrogens with zero attached hydrogens (tertiary/aromatic N) is 2. The van der Waals surface area contributed by atoms with Crippen LogP contribution in [0.3, 0.4) is 0 Å². The number of hydrogen-bond acceptors (Lipinski definition) is 7. The lowest BCUT2D eigenvalue weighted by Crippen LogP contribution is -2.39. The van der Waals surface area contributed by atoms with E-state index >= 15 is 0 Å². The minimum Gasteiger partial charge on any atom is -0.466 e. The van der Waals surface area contributed by atoms with Crippen molar-refractivity contribution < 1.29 is 19.1 Å². The predicted molar refractivity (Wildman–Crippen MR) is 125 cm³/mol.